The van der Waals surface area contributed by atoms with Crippen molar-refractivity contribution >= 4 is 5.65 Å². The molecule has 0 spiro atoms. The van der Waals surface area contributed by atoms with Crippen molar-refractivity contribution in [3.8, 4) is 0 Å². The van der Waals surface area contributed by atoms with Gasteiger partial charge in [0.1, 0.15) is 5.65 Å². The lowest BCUT2D eigenvalue weighted by Gasteiger charge is -2.24. The third-order valence-electron chi connectivity index (χ3n) is 4.84. The molecule has 4 rings (SSSR count). The Morgan fingerprint density at radius 2 is 2.20 bits per heavy atom. The summed E-state index contributed by atoms with van der Waals surface area (Å²) in [7, 11) is 0. The minimum absolute atomic E-state index is 0.718. The molecule has 1 aliphatic heterocycles. The van der Waals surface area contributed by atoms with Crippen molar-refractivity contribution in [2.75, 3.05) is 19.6 Å². The number of aromatic nitrogens is 3. The average molecular weight is 335 g/mol. The maximum Gasteiger partial charge on any atom is 0.137 e. The standard InChI is InChI=1S/C20H25N5/c1-16-4-5-20-23-19(15-25(20)11-16)14-24(13-18-6-8-22-10-18)12-17-3-2-7-21-9-17/h2-5,7,9,11,15,18,22H,6,8,10,12-14H2,1H3. The van der Waals surface area contributed by atoms with Crippen molar-refractivity contribution in [2.24, 2.45) is 5.92 Å². The van der Waals surface area contributed by atoms with Crippen LogP contribution in [0.25, 0.3) is 5.65 Å². The van der Waals surface area contributed by atoms with Crippen LogP contribution >= 0.6 is 0 Å². The fourth-order valence-corrected chi connectivity index (χ4v) is 3.63. The summed E-state index contributed by atoms with van der Waals surface area (Å²) >= 11 is 0. The van der Waals surface area contributed by atoms with Crippen molar-refractivity contribution < 1.29 is 0 Å². The first-order valence-electron chi connectivity index (χ1n) is 9.02. The fourth-order valence-electron chi connectivity index (χ4n) is 3.63. The highest BCUT2D eigenvalue weighted by Gasteiger charge is 2.19. The van der Waals surface area contributed by atoms with Crippen LogP contribution in [-0.4, -0.2) is 38.9 Å². The minimum Gasteiger partial charge on any atom is -0.316 e. The van der Waals surface area contributed by atoms with Gasteiger partial charge in [-0.1, -0.05) is 12.1 Å². The Morgan fingerprint density at radius 3 is 3.00 bits per heavy atom. The van der Waals surface area contributed by atoms with Crippen LogP contribution in [0.2, 0.25) is 0 Å². The second-order valence-electron chi connectivity index (χ2n) is 7.09. The Morgan fingerprint density at radius 1 is 1.24 bits per heavy atom. The third kappa shape index (κ3) is 4.06. The van der Waals surface area contributed by atoms with Gasteiger partial charge in [-0.2, -0.15) is 0 Å². The number of aryl methyl sites for hydroxylation is 1. The third-order valence-corrected chi connectivity index (χ3v) is 4.84. The predicted octanol–water partition coefficient (Wildman–Crippen LogP) is 2.65. The molecule has 25 heavy (non-hydrogen) atoms. The number of rotatable bonds is 6. The highest BCUT2D eigenvalue weighted by Crippen LogP contribution is 2.16. The maximum absolute atomic E-state index is 4.80. The molecule has 1 fully saturated rings. The van der Waals surface area contributed by atoms with Gasteiger partial charge in [-0.15, -0.1) is 0 Å². The van der Waals surface area contributed by atoms with Gasteiger partial charge in [0, 0.05) is 44.4 Å². The van der Waals surface area contributed by atoms with Gasteiger partial charge >= 0.3 is 0 Å². The molecule has 1 atom stereocenters. The zero-order valence-corrected chi connectivity index (χ0v) is 14.7. The molecule has 0 amide bonds. The highest BCUT2D eigenvalue weighted by atomic mass is 15.1. The van der Waals surface area contributed by atoms with Crippen LogP contribution in [-0.2, 0) is 13.1 Å². The molecule has 4 heterocycles. The smallest absolute Gasteiger partial charge is 0.137 e. The molecule has 1 N–H and O–H groups in total. The minimum atomic E-state index is 0.718. The topological polar surface area (TPSA) is 45.5 Å². The molecule has 130 valence electrons. The van der Waals surface area contributed by atoms with Gasteiger partial charge in [0.15, 0.2) is 0 Å². The van der Waals surface area contributed by atoms with E-state index in [2.05, 4.69) is 57.1 Å². The fraction of sp³-hybridized carbons (Fsp3) is 0.400. The number of imidazole rings is 1. The van der Waals surface area contributed by atoms with E-state index in [4.69, 9.17) is 4.98 Å². The molecule has 5 heteroatoms. The van der Waals surface area contributed by atoms with Crippen LogP contribution in [0, 0.1) is 12.8 Å². The summed E-state index contributed by atoms with van der Waals surface area (Å²) < 4.78 is 2.13. The lowest BCUT2D eigenvalue weighted by atomic mass is 10.1. The van der Waals surface area contributed by atoms with Crippen molar-refractivity contribution in [3.63, 3.8) is 0 Å². The lowest BCUT2D eigenvalue weighted by molar-refractivity contribution is 0.218. The molecular weight excluding hydrogens is 310 g/mol. The SMILES string of the molecule is Cc1ccc2nc(CN(Cc3cccnc3)CC3CCNC3)cn2c1. The monoisotopic (exact) mass is 335 g/mol. The second-order valence-corrected chi connectivity index (χ2v) is 7.09. The summed E-state index contributed by atoms with van der Waals surface area (Å²) in [5.41, 5.74) is 4.65. The van der Waals surface area contributed by atoms with Gasteiger partial charge in [0.25, 0.3) is 0 Å². The molecule has 1 saturated heterocycles. The largest absolute Gasteiger partial charge is 0.316 e. The Labute approximate surface area is 148 Å². The number of nitrogens with one attached hydrogen (secondary N) is 1. The molecule has 0 aliphatic carbocycles. The van der Waals surface area contributed by atoms with E-state index < -0.39 is 0 Å². The van der Waals surface area contributed by atoms with Crippen molar-refractivity contribution in [1.82, 2.24) is 24.6 Å². The normalized spacial score (nSPS) is 17.6. The quantitative estimate of drug-likeness (QED) is 0.752. The van der Waals surface area contributed by atoms with E-state index in [0.717, 1.165) is 50.0 Å². The van der Waals surface area contributed by atoms with Gasteiger partial charge < -0.3 is 9.72 Å². The molecule has 1 aliphatic rings. The van der Waals surface area contributed by atoms with Crippen molar-refractivity contribution in [2.45, 2.75) is 26.4 Å². The van der Waals surface area contributed by atoms with Crippen LogP contribution in [0.3, 0.4) is 0 Å². The van der Waals surface area contributed by atoms with Crippen LogP contribution in [0.5, 0.6) is 0 Å². The molecule has 3 aromatic heterocycles. The van der Waals surface area contributed by atoms with Gasteiger partial charge in [-0.3, -0.25) is 9.88 Å². The van der Waals surface area contributed by atoms with E-state index >= 15 is 0 Å². The van der Waals surface area contributed by atoms with Crippen molar-refractivity contribution in [1.29, 1.82) is 0 Å². The Hall–Kier alpha value is -2.24. The Bertz CT molecular complexity index is 820. The van der Waals surface area contributed by atoms with E-state index in [1.807, 2.05) is 18.5 Å². The molecule has 0 bridgehead atoms. The van der Waals surface area contributed by atoms with Crippen LogP contribution in [0.4, 0.5) is 0 Å². The van der Waals surface area contributed by atoms with Gasteiger partial charge in [0.05, 0.1) is 5.69 Å². The van der Waals surface area contributed by atoms with E-state index in [1.165, 1.54) is 17.5 Å². The highest BCUT2D eigenvalue weighted by molar-refractivity contribution is 5.41. The average Bonchev–Trinajstić information content (AvgIpc) is 3.24. The number of hydrogen-bond donors (Lipinski definition) is 1. The molecule has 0 aromatic carbocycles. The summed E-state index contributed by atoms with van der Waals surface area (Å²) in [4.78, 5) is 11.6. The van der Waals surface area contributed by atoms with E-state index in [9.17, 15) is 0 Å². The first-order valence-corrected chi connectivity index (χ1v) is 9.02. The summed E-state index contributed by atoms with van der Waals surface area (Å²) in [5.74, 6) is 0.718. The first-order chi connectivity index (χ1) is 12.3. The molecule has 3 aromatic rings. The Kier molecular flexibility index (Phi) is 4.76. The molecule has 0 saturated carbocycles. The zero-order valence-electron chi connectivity index (χ0n) is 14.7. The van der Waals surface area contributed by atoms with Crippen LogP contribution in [0.1, 0.15) is 23.2 Å². The van der Waals surface area contributed by atoms with E-state index in [0.29, 0.717) is 0 Å². The molecular formula is C20H25N5. The summed E-state index contributed by atoms with van der Waals surface area (Å²) in [6.07, 6.45) is 9.35. The summed E-state index contributed by atoms with van der Waals surface area (Å²) in [5, 5.41) is 3.47. The van der Waals surface area contributed by atoms with Gasteiger partial charge in [-0.25, -0.2) is 4.98 Å². The maximum atomic E-state index is 4.80. The summed E-state index contributed by atoms with van der Waals surface area (Å²) in [6, 6.07) is 8.37. The predicted molar refractivity (Wildman–Crippen MR) is 99.3 cm³/mol. The zero-order chi connectivity index (χ0) is 17.1. The lowest BCUT2D eigenvalue weighted by Crippen LogP contribution is -2.30. The number of fused-ring (bicyclic) bond motifs is 1. The van der Waals surface area contributed by atoms with Crippen LogP contribution < -0.4 is 5.32 Å². The number of hydrogen-bond acceptors (Lipinski definition) is 4. The van der Waals surface area contributed by atoms with E-state index in [1.54, 1.807) is 0 Å². The van der Waals surface area contributed by atoms with Crippen molar-refractivity contribution in [3.05, 3.63) is 65.9 Å². The van der Waals surface area contributed by atoms with Crippen LogP contribution in [0.15, 0.2) is 49.1 Å². The molecule has 5 nitrogen and oxygen atoms in total. The summed E-state index contributed by atoms with van der Waals surface area (Å²) in [6.45, 7) is 7.24. The van der Waals surface area contributed by atoms with Gasteiger partial charge in [0.2, 0.25) is 0 Å². The first kappa shape index (κ1) is 16.2. The molecule has 0 radical (unpaired) electrons. The van der Waals surface area contributed by atoms with E-state index in [-0.39, 0.29) is 0 Å². The Balaban J connectivity index is 1.53. The number of nitrogens with zero attached hydrogens (tertiary/aromatic N) is 4. The second kappa shape index (κ2) is 7.33. The molecule has 1 unspecified atom stereocenters. The number of pyridine rings is 2. The van der Waals surface area contributed by atoms with Gasteiger partial charge in [-0.05, 0) is 55.6 Å².